The maximum Gasteiger partial charge on any atom is 0.259 e. The Morgan fingerprint density at radius 2 is 1.57 bits per heavy atom. The van der Waals surface area contributed by atoms with Crippen molar-refractivity contribution in [3.05, 3.63) is 74.9 Å². The lowest BCUT2D eigenvalue weighted by atomic mass is 10.2. The predicted octanol–water partition coefficient (Wildman–Crippen LogP) is 4.96. The highest BCUT2D eigenvalue weighted by molar-refractivity contribution is 9.10. The van der Waals surface area contributed by atoms with Crippen LogP contribution in [0.4, 0.5) is 5.69 Å². The Morgan fingerprint density at radius 3 is 2.17 bits per heavy atom. The fourth-order valence-electron chi connectivity index (χ4n) is 2.21. The van der Waals surface area contributed by atoms with Crippen molar-refractivity contribution in [1.82, 2.24) is 9.78 Å². The molecule has 0 aliphatic rings. The van der Waals surface area contributed by atoms with Crippen molar-refractivity contribution in [3.8, 4) is 5.69 Å². The van der Waals surface area contributed by atoms with Gasteiger partial charge in [-0.15, -0.1) is 0 Å². The molecule has 0 atom stereocenters. The zero-order valence-electron chi connectivity index (χ0n) is 12.3. The lowest BCUT2D eigenvalue weighted by Gasteiger charge is -2.07. The zero-order valence-corrected chi connectivity index (χ0v) is 15.4. The summed E-state index contributed by atoms with van der Waals surface area (Å²) in [6.07, 6.45) is 1.59. The number of anilines is 1. The van der Waals surface area contributed by atoms with Crippen LogP contribution in [0, 0.1) is 6.92 Å². The summed E-state index contributed by atoms with van der Waals surface area (Å²) in [4.78, 5) is 12.4. The molecule has 0 saturated heterocycles. The van der Waals surface area contributed by atoms with Crippen molar-refractivity contribution in [2.24, 2.45) is 0 Å². The Hall–Kier alpha value is -1.92. The van der Waals surface area contributed by atoms with Gasteiger partial charge >= 0.3 is 0 Å². The summed E-state index contributed by atoms with van der Waals surface area (Å²) in [5.74, 6) is -0.173. The highest BCUT2D eigenvalue weighted by Gasteiger charge is 2.15. The van der Waals surface area contributed by atoms with Gasteiger partial charge in [-0.25, -0.2) is 4.68 Å². The van der Waals surface area contributed by atoms with E-state index in [-0.39, 0.29) is 5.91 Å². The lowest BCUT2D eigenvalue weighted by Crippen LogP contribution is -2.13. The van der Waals surface area contributed by atoms with Crippen LogP contribution in [-0.2, 0) is 0 Å². The van der Waals surface area contributed by atoms with Crippen molar-refractivity contribution < 1.29 is 4.79 Å². The van der Waals surface area contributed by atoms with Crippen molar-refractivity contribution in [2.75, 3.05) is 5.32 Å². The number of carbonyl (C=O) groups is 1. The molecule has 116 valence electrons. The van der Waals surface area contributed by atoms with Crippen LogP contribution < -0.4 is 5.32 Å². The van der Waals surface area contributed by atoms with Gasteiger partial charge in [-0.1, -0.05) is 31.9 Å². The highest BCUT2D eigenvalue weighted by atomic mass is 79.9. The Kier molecular flexibility index (Phi) is 4.63. The second kappa shape index (κ2) is 6.68. The van der Waals surface area contributed by atoms with E-state index >= 15 is 0 Å². The third-order valence-electron chi connectivity index (χ3n) is 3.43. The molecule has 4 nitrogen and oxygen atoms in total. The molecule has 1 N–H and O–H groups in total. The minimum atomic E-state index is -0.173. The third kappa shape index (κ3) is 3.54. The Morgan fingerprint density at radius 1 is 1.00 bits per heavy atom. The van der Waals surface area contributed by atoms with Crippen LogP contribution in [0.3, 0.4) is 0 Å². The van der Waals surface area contributed by atoms with Gasteiger partial charge in [0.15, 0.2) is 0 Å². The van der Waals surface area contributed by atoms with E-state index in [1.165, 1.54) is 0 Å². The van der Waals surface area contributed by atoms with Gasteiger partial charge in [-0.05, 0) is 55.5 Å². The van der Waals surface area contributed by atoms with Crippen molar-refractivity contribution in [1.29, 1.82) is 0 Å². The van der Waals surface area contributed by atoms with Gasteiger partial charge in [0.25, 0.3) is 5.91 Å². The number of rotatable bonds is 3. The zero-order chi connectivity index (χ0) is 16.4. The molecule has 0 radical (unpaired) electrons. The van der Waals surface area contributed by atoms with Crippen LogP contribution in [0.1, 0.15) is 16.1 Å². The normalized spacial score (nSPS) is 10.6. The number of aromatic nitrogens is 2. The molecule has 0 unspecified atom stereocenters. The molecule has 6 heteroatoms. The molecule has 0 spiro atoms. The Labute approximate surface area is 150 Å². The smallest absolute Gasteiger partial charge is 0.259 e. The Balaban J connectivity index is 1.85. The van der Waals surface area contributed by atoms with Crippen molar-refractivity contribution >= 4 is 43.5 Å². The van der Waals surface area contributed by atoms with Gasteiger partial charge in [0.05, 0.1) is 23.1 Å². The molecule has 0 fully saturated rings. The van der Waals surface area contributed by atoms with E-state index in [1.807, 2.05) is 55.5 Å². The van der Waals surface area contributed by atoms with E-state index in [0.717, 1.165) is 26.0 Å². The molecule has 2 aromatic carbocycles. The fourth-order valence-corrected chi connectivity index (χ4v) is 2.74. The minimum absolute atomic E-state index is 0.173. The summed E-state index contributed by atoms with van der Waals surface area (Å²) in [6, 6.07) is 15.2. The average molecular weight is 435 g/mol. The maximum atomic E-state index is 12.4. The predicted molar refractivity (Wildman–Crippen MR) is 98.1 cm³/mol. The molecule has 1 amide bonds. The van der Waals surface area contributed by atoms with Crippen LogP contribution in [0.15, 0.2) is 63.7 Å². The fraction of sp³-hybridized carbons (Fsp3) is 0.0588. The molecule has 3 aromatic rings. The number of hydrogen-bond acceptors (Lipinski definition) is 2. The second-order valence-corrected chi connectivity index (χ2v) is 6.82. The molecule has 23 heavy (non-hydrogen) atoms. The van der Waals surface area contributed by atoms with Crippen molar-refractivity contribution in [2.45, 2.75) is 6.92 Å². The van der Waals surface area contributed by atoms with Gasteiger partial charge in [0, 0.05) is 14.6 Å². The number of nitrogens with zero attached hydrogens (tertiary/aromatic N) is 2. The molecule has 0 aliphatic heterocycles. The molecular formula is C17H13Br2N3O. The molecule has 0 aliphatic carbocycles. The summed E-state index contributed by atoms with van der Waals surface area (Å²) in [7, 11) is 0. The lowest BCUT2D eigenvalue weighted by molar-refractivity contribution is 0.102. The van der Waals surface area contributed by atoms with E-state index in [0.29, 0.717) is 5.56 Å². The summed E-state index contributed by atoms with van der Waals surface area (Å²) >= 11 is 6.78. The summed E-state index contributed by atoms with van der Waals surface area (Å²) < 4.78 is 3.72. The first-order valence-electron chi connectivity index (χ1n) is 6.92. The van der Waals surface area contributed by atoms with Crippen LogP contribution >= 0.6 is 31.9 Å². The molecule has 0 bridgehead atoms. The first kappa shape index (κ1) is 16.0. The van der Waals surface area contributed by atoms with Crippen molar-refractivity contribution in [3.63, 3.8) is 0 Å². The third-order valence-corrected chi connectivity index (χ3v) is 4.49. The number of carbonyl (C=O) groups excluding carboxylic acids is 1. The molecule has 1 heterocycles. The number of halogens is 2. The topological polar surface area (TPSA) is 46.9 Å². The van der Waals surface area contributed by atoms with E-state index in [9.17, 15) is 4.79 Å². The minimum Gasteiger partial charge on any atom is -0.322 e. The number of amides is 1. The number of hydrogen-bond donors (Lipinski definition) is 1. The second-order valence-electron chi connectivity index (χ2n) is 4.99. The van der Waals surface area contributed by atoms with E-state index in [1.54, 1.807) is 10.9 Å². The summed E-state index contributed by atoms with van der Waals surface area (Å²) in [5.41, 5.74) is 3.00. The number of benzene rings is 2. The molecule has 3 rings (SSSR count). The first-order valence-corrected chi connectivity index (χ1v) is 8.50. The van der Waals surface area contributed by atoms with Crippen LogP contribution in [0.5, 0.6) is 0 Å². The van der Waals surface area contributed by atoms with E-state index in [4.69, 9.17) is 0 Å². The van der Waals surface area contributed by atoms with Gasteiger partial charge < -0.3 is 5.32 Å². The maximum absolute atomic E-state index is 12.4. The monoisotopic (exact) mass is 433 g/mol. The van der Waals surface area contributed by atoms with E-state index in [2.05, 4.69) is 42.3 Å². The van der Waals surface area contributed by atoms with Crippen LogP contribution in [-0.4, -0.2) is 15.7 Å². The summed E-state index contributed by atoms with van der Waals surface area (Å²) in [6.45, 7) is 1.88. The van der Waals surface area contributed by atoms with Gasteiger partial charge in [-0.3, -0.25) is 4.79 Å². The molecular weight excluding hydrogens is 422 g/mol. The van der Waals surface area contributed by atoms with Crippen LogP contribution in [0.25, 0.3) is 5.69 Å². The highest BCUT2D eigenvalue weighted by Crippen LogP contribution is 2.19. The van der Waals surface area contributed by atoms with Crippen LogP contribution in [0.2, 0.25) is 0 Å². The van der Waals surface area contributed by atoms with Gasteiger partial charge in [-0.2, -0.15) is 5.10 Å². The largest absolute Gasteiger partial charge is 0.322 e. The van der Waals surface area contributed by atoms with E-state index < -0.39 is 0 Å². The van der Waals surface area contributed by atoms with Gasteiger partial charge in [0.1, 0.15) is 0 Å². The van der Waals surface area contributed by atoms with Gasteiger partial charge in [0.2, 0.25) is 0 Å². The average Bonchev–Trinajstić information content (AvgIpc) is 2.92. The standard InChI is InChI=1S/C17H13Br2N3O/c1-11-16(17(23)21-14-6-2-12(18)3-7-14)10-20-22(11)15-8-4-13(19)5-9-15/h2-10H,1H3,(H,21,23). The quantitative estimate of drug-likeness (QED) is 0.633. The SMILES string of the molecule is Cc1c(C(=O)Nc2ccc(Br)cc2)cnn1-c1ccc(Br)cc1. The molecule has 0 saturated carbocycles. The first-order chi connectivity index (χ1) is 11.0. The molecule has 1 aromatic heterocycles. The Bertz CT molecular complexity index is 839. The number of nitrogens with one attached hydrogen (secondary N) is 1. The summed E-state index contributed by atoms with van der Waals surface area (Å²) in [5, 5.41) is 7.21.